The maximum atomic E-state index is 11.3. The molecule has 0 saturated carbocycles. The lowest BCUT2D eigenvalue weighted by Gasteiger charge is -1.95. The van der Waals surface area contributed by atoms with Crippen LogP contribution in [0, 0.1) is 4.91 Å². The van der Waals surface area contributed by atoms with Crippen molar-refractivity contribution in [2.24, 2.45) is 5.18 Å². The molecule has 0 aromatic carbocycles. The molecule has 0 aliphatic rings. The Kier molecular flexibility index (Phi) is 1.97. The van der Waals surface area contributed by atoms with Gasteiger partial charge < -0.3 is 0 Å². The van der Waals surface area contributed by atoms with Gasteiger partial charge in [-0.3, -0.25) is 4.79 Å². The monoisotopic (exact) mass is 143 g/mol. The SMILES string of the molecule is O=NC(F)(F)C(=O)Cl. The molecule has 0 fully saturated rings. The summed E-state index contributed by atoms with van der Waals surface area (Å²) < 4.78 is 22.6. The number of hydrogen-bond donors (Lipinski definition) is 0. The molecule has 0 spiro atoms. The van der Waals surface area contributed by atoms with Crippen LogP contribution in [-0.4, -0.2) is 11.3 Å². The van der Waals surface area contributed by atoms with Crippen molar-refractivity contribution in [3.05, 3.63) is 4.91 Å². The zero-order valence-electron chi connectivity index (χ0n) is 3.40. The standard InChI is InChI=1S/C2ClF2NO2/c3-1(7)2(4,5)6-8. The van der Waals surface area contributed by atoms with E-state index in [-0.39, 0.29) is 0 Å². The third-order valence-corrected chi connectivity index (χ3v) is 0.579. The van der Waals surface area contributed by atoms with Crippen LogP contribution >= 0.6 is 11.6 Å². The number of carbonyl (C=O) groups excluding carboxylic acids is 1. The smallest absolute Gasteiger partial charge is 0.272 e. The van der Waals surface area contributed by atoms with Crippen molar-refractivity contribution < 1.29 is 13.6 Å². The minimum absolute atomic E-state index is 1.16. The van der Waals surface area contributed by atoms with Gasteiger partial charge in [-0.15, -0.1) is 4.91 Å². The second-order valence-corrected chi connectivity index (χ2v) is 1.25. The molecule has 8 heavy (non-hydrogen) atoms. The van der Waals surface area contributed by atoms with E-state index in [1.54, 1.807) is 0 Å². The second kappa shape index (κ2) is 2.13. The van der Waals surface area contributed by atoms with Crippen LogP contribution in [0.2, 0.25) is 0 Å². The Morgan fingerprint density at radius 2 is 2.00 bits per heavy atom. The fourth-order valence-electron chi connectivity index (χ4n) is 0.0359. The first kappa shape index (κ1) is 7.42. The van der Waals surface area contributed by atoms with Gasteiger partial charge in [0.15, 0.2) is 0 Å². The highest BCUT2D eigenvalue weighted by molar-refractivity contribution is 6.65. The molecular formula is C2ClF2NO2. The van der Waals surface area contributed by atoms with Crippen LogP contribution in [-0.2, 0) is 4.79 Å². The van der Waals surface area contributed by atoms with Gasteiger partial charge in [0, 0.05) is 5.18 Å². The first-order valence-corrected chi connectivity index (χ1v) is 1.81. The number of nitroso groups, excluding NO2 is 1. The van der Waals surface area contributed by atoms with E-state index in [4.69, 9.17) is 4.91 Å². The molecule has 0 saturated heterocycles. The summed E-state index contributed by atoms with van der Waals surface area (Å²) in [5.74, 6) is 0. The fourth-order valence-corrected chi connectivity index (χ4v) is 0.0704. The van der Waals surface area contributed by atoms with Crippen LogP contribution in [0.25, 0.3) is 0 Å². The summed E-state index contributed by atoms with van der Waals surface area (Å²) in [4.78, 5) is 18.4. The first-order valence-electron chi connectivity index (χ1n) is 1.43. The zero-order valence-corrected chi connectivity index (χ0v) is 4.15. The maximum absolute atomic E-state index is 11.3. The topological polar surface area (TPSA) is 46.5 Å². The van der Waals surface area contributed by atoms with Gasteiger partial charge in [-0.2, -0.15) is 8.78 Å². The minimum Gasteiger partial charge on any atom is -0.272 e. The molecule has 0 unspecified atom stereocenters. The van der Waals surface area contributed by atoms with Crippen molar-refractivity contribution >= 4 is 16.8 Å². The van der Waals surface area contributed by atoms with E-state index in [0.29, 0.717) is 0 Å². The summed E-state index contributed by atoms with van der Waals surface area (Å²) in [7, 11) is 0. The third-order valence-electron chi connectivity index (χ3n) is 0.351. The molecule has 0 bridgehead atoms. The number of alkyl halides is 2. The van der Waals surface area contributed by atoms with Crippen molar-refractivity contribution in [1.82, 2.24) is 0 Å². The van der Waals surface area contributed by atoms with E-state index < -0.39 is 11.3 Å². The van der Waals surface area contributed by atoms with Crippen LogP contribution in [0.4, 0.5) is 8.78 Å². The number of hydrogen-bond acceptors (Lipinski definition) is 3. The van der Waals surface area contributed by atoms with Gasteiger partial charge in [-0.25, -0.2) is 0 Å². The van der Waals surface area contributed by atoms with E-state index in [0.717, 1.165) is 5.18 Å². The van der Waals surface area contributed by atoms with E-state index in [1.807, 2.05) is 0 Å². The summed E-state index contributed by atoms with van der Waals surface area (Å²) in [5.41, 5.74) is 0. The Morgan fingerprint density at radius 3 is 2.00 bits per heavy atom. The van der Waals surface area contributed by atoms with Crippen molar-refractivity contribution in [1.29, 1.82) is 0 Å². The van der Waals surface area contributed by atoms with Gasteiger partial charge in [0.1, 0.15) is 0 Å². The average molecular weight is 143 g/mol. The Hall–Kier alpha value is -0.580. The van der Waals surface area contributed by atoms with E-state index in [1.165, 1.54) is 0 Å². The lowest BCUT2D eigenvalue weighted by molar-refractivity contribution is -0.132. The predicted octanol–water partition coefficient (Wildman–Crippen LogP) is 1.11. The quantitative estimate of drug-likeness (QED) is 0.330. The molecule has 0 aromatic heterocycles. The Bertz CT molecular complexity index is 125. The Morgan fingerprint density at radius 1 is 1.62 bits per heavy atom. The van der Waals surface area contributed by atoms with Gasteiger partial charge in [-0.1, -0.05) is 0 Å². The average Bonchev–Trinajstić information content (AvgIpc) is 1.67. The summed E-state index contributed by atoms with van der Waals surface area (Å²) >= 11 is 4.19. The van der Waals surface area contributed by atoms with Gasteiger partial charge in [0.25, 0.3) is 0 Å². The number of nitrogens with zero attached hydrogens (tertiary/aromatic N) is 1. The van der Waals surface area contributed by atoms with Crippen molar-refractivity contribution in [3.8, 4) is 0 Å². The number of halogens is 3. The van der Waals surface area contributed by atoms with Gasteiger partial charge in [-0.05, 0) is 11.6 Å². The Balaban J connectivity index is 4.12. The highest BCUT2D eigenvalue weighted by Crippen LogP contribution is 2.17. The highest BCUT2D eigenvalue weighted by Gasteiger charge is 2.38. The molecule has 0 amide bonds. The molecule has 0 aliphatic heterocycles. The van der Waals surface area contributed by atoms with Crippen LogP contribution in [0.1, 0.15) is 0 Å². The van der Waals surface area contributed by atoms with Crippen molar-refractivity contribution in [2.45, 2.75) is 6.05 Å². The van der Waals surface area contributed by atoms with Gasteiger partial charge in [0.2, 0.25) is 0 Å². The molecule has 0 N–H and O–H groups in total. The largest absolute Gasteiger partial charge is 0.451 e. The maximum Gasteiger partial charge on any atom is 0.451 e. The number of carbonyl (C=O) groups is 1. The summed E-state index contributed by atoms with van der Waals surface area (Å²) in [6.07, 6.45) is 0. The Labute approximate surface area is 47.6 Å². The fraction of sp³-hybridized carbons (Fsp3) is 0.500. The summed E-state index contributed by atoms with van der Waals surface area (Å²) in [5, 5.41) is -0.907. The van der Waals surface area contributed by atoms with E-state index >= 15 is 0 Å². The van der Waals surface area contributed by atoms with Crippen LogP contribution in [0.5, 0.6) is 0 Å². The normalized spacial score (nSPS) is 10.9. The van der Waals surface area contributed by atoms with Crippen molar-refractivity contribution in [3.63, 3.8) is 0 Å². The van der Waals surface area contributed by atoms with Gasteiger partial charge in [0.05, 0.1) is 0 Å². The molecule has 0 aromatic rings. The van der Waals surface area contributed by atoms with Gasteiger partial charge >= 0.3 is 11.3 Å². The predicted molar refractivity (Wildman–Crippen MR) is 21.6 cm³/mol. The lowest BCUT2D eigenvalue weighted by atomic mass is 10.7. The zero-order chi connectivity index (χ0) is 6.78. The van der Waals surface area contributed by atoms with Crippen LogP contribution in [0.3, 0.4) is 0 Å². The minimum atomic E-state index is -4.26. The second-order valence-electron chi connectivity index (χ2n) is 0.906. The summed E-state index contributed by atoms with van der Waals surface area (Å²) in [6.45, 7) is 0. The summed E-state index contributed by atoms with van der Waals surface area (Å²) in [6, 6.07) is -4.26. The van der Waals surface area contributed by atoms with Crippen LogP contribution < -0.4 is 0 Å². The lowest BCUT2D eigenvalue weighted by Crippen LogP contribution is -2.19. The third kappa shape index (κ3) is 1.49. The molecule has 0 heterocycles. The molecule has 3 nitrogen and oxygen atoms in total. The number of rotatable bonds is 2. The highest BCUT2D eigenvalue weighted by atomic mass is 35.5. The molecule has 0 rings (SSSR count). The molecule has 46 valence electrons. The van der Waals surface area contributed by atoms with E-state index in [9.17, 15) is 13.6 Å². The first-order chi connectivity index (χ1) is 3.50. The molecular weight excluding hydrogens is 143 g/mol. The molecule has 0 aliphatic carbocycles. The molecule has 0 radical (unpaired) electrons. The molecule has 0 atom stereocenters. The van der Waals surface area contributed by atoms with E-state index in [2.05, 4.69) is 11.6 Å². The van der Waals surface area contributed by atoms with Crippen LogP contribution in [0.15, 0.2) is 5.18 Å². The van der Waals surface area contributed by atoms with Crippen molar-refractivity contribution in [2.75, 3.05) is 0 Å². The molecule has 6 heteroatoms.